The van der Waals surface area contributed by atoms with Gasteiger partial charge in [-0.05, 0) is 12.8 Å². The van der Waals surface area contributed by atoms with Gasteiger partial charge in [-0.1, -0.05) is 32.1 Å². The number of aliphatic hydroxyl groups excluding tert-OH is 1. The van der Waals surface area contributed by atoms with Crippen LogP contribution < -0.4 is 0 Å². The van der Waals surface area contributed by atoms with E-state index in [0.717, 1.165) is 30.7 Å². The Bertz CT molecular complexity index is 415. The van der Waals surface area contributed by atoms with Crippen molar-refractivity contribution in [3.8, 4) is 0 Å². The van der Waals surface area contributed by atoms with Crippen LogP contribution >= 0.6 is 0 Å². The molecule has 2 rings (SSSR count). The summed E-state index contributed by atoms with van der Waals surface area (Å²) in [5.41, 5.74) is 0. The number of Topliss-reactive ketones (excluding diaryl/α,β-unsaturated/α-hetero) is 1. The molecule has 1 amide bonds. The van der Waals surface area contributed by atoms with E-state index in [1.807, 2.05) is 0 Å². The second-order valence-electron chi connectivity index (χ2n) is 6.21. The van der Waals surface area contributed by atoms with Crippen LogP contribution in [0.4, 0.5) is 0 Å². The fraction of sp³-hybridized carbons (Fsp3) is 0.812. The van der Waals surface area contributed by atoms with Crippen molar-refractivity contribution >= 4 is 17.7 Å². The lowest BCUT2D eigenvalue weighted by molar-refractivity contribution is -0.220. The lowest BCUT2D eigenvalue weighted by atomic mass is 9.87. The predicted molar refractivity (Wildman–Crippen MR) is 78.2 cm³/mol. The molecular formula is C16H25NO5. The highest BCUT2D eigenvalue weighted by molar-refractivity contribution is 5.85. The van der Waals surface area contributed by atoms with Gasteiger partial charge >= 0.3 is 5.97 Å². The van der Waals surface area contributed by atoms with Gasteiger partial charge in [0.1, 0.15) is 5.78 Å². The largest absolute Gasteiger partial charge is 0.370 e. The third-order valence-corrected chi connectivity index (χ3v) is 4.47. The van der Waals surface area contributed by atoms with Crippen LogP contribution in [0, 0.1) is 5.92 Å². The molecule has 1 saturated carbocycles. The van der Waals surface area contributed by atoms with E-state index in [4.69, 9.17) is 4.84 Å². The van der Waals surface area contributed by atoms with Crippen molar-refractivity contribution in [1.29, 1.82) is 0 Å². The summed E-state index contributed by atoms with van der Waals surface area (Å²) in [6, 6.07) is 0. The van der Waals surface area contributed by atoms with Crippen LogP contribution in [-0.2, 0) is 19.2 Å². The molecule has 2 fully saturated rings. The van der Waals surface area contributed by atoms with Crippen LogP contribution in [0.1, 0.15) is 70.6 Å². The highest BCUT2D eigenvalue weighted by atomic mass is 16.7. The summed E-state index contributed by atoms with van der Waals surface area (Å²) in [4.78, 5) is 40.2. The lowest BCUT2D eigenvalue weighted by Gasteiger charge is -2.20. The van der Waals surface area contributed by atoms with E-state index >= 15 is 0 Å². The second kappa shape index (κ2) is 8.27. The van der Waals surface area contributed by atoms with Crippen molar-refractivity contribution in [2.75, 3.05) is 0 Å². The van der Waals surface area contributed by atoms with Gasteiger partial charge in [-0.3, -0.25) is 9.59 Å². The zero-order valence-electron chi connectivity index (χ0n) is 13.0. The maximum Gasteiger partial charge on any atom is 0.333 e. The second-order valence-corrected chi connectivity index (χ2v) is 6.21. The molecule has 0 radical (unpaired) electrons. The van der Waals surface area contributed by atoms with Crippen LogP contribution in [0.2, 0.25) is 0 Å². The molecule has 1 atom stereocenters. The molecule has 0 aromatic carbocycles. The minimum Gasteiger partial charge on any atom is -0.370 e. The zero-order valence-corrected chi connectivity index (χ0v) is 13.0. The van der Waals surface area contributed by atoms with Crippen molar-refractivity contribution in [2.24, 2.45) is 5.92 Å². The summed E-state index contributed by atoms with van der Waals surface area (Å²) in [6.45, 7) is 0. The quantitative estimate of drug-likeness (QED) is 0.840. The zero-order chi connectivity index (χ0) is 15.9. The van der Waals surface area contributed by atoms with Crippen LogP contribution in [0.5, 0.6) is 0 Å². The number of hydrogen-bond acceptors (Lipinski definition) is 5. The first-order valence-corrected chi connectivity index (χ1v) is 8.31. The average Bonchev–Trinajstić information content (AvgIpc) is 2.76. The van der Waals surface area contributed by atoms with Gasteiger partial charge in [0.2, 0.25) is 0 Å². The van der Waals surface area contributed by atoms with Gasteiger partial charge in [-0.15, -0.1) is 5.06 Å². The number of nitrogens with zero attached hydrogens (tertiary/aromatic N) is 1. The van der Waals surface area contributed by atoms with E-state index in [2.05, 4.69) is 0 Å². The van der Waals surface area contributed by atoms with Crippen molar-refractivity contribution in [2.45, 2.75) is 76.9 Å². The molecule has 6 nitrogen and oxygen atoms in total. The molecule has 124 valence electrons. The number of aliphatic hydroxyl groups is 1. The van der Waals surface area contributed by atoms with E-state index in [0.29, 0.717) is 0 Å². The van der Waals surface area contributed by atoms with Crippen molar-refractivity contribution in [3.63, 3.8) is 0 Å². The van der Waals surface area contributed by atoms with Gasteiger partial charge in [-0.2, -0.15) is 0 Å². The number of amides is 1. The fourth-order valence-corrected chi connectivity index (χ4v) is 3.12. The molecule has 0 aromatic rings. The van der Waals surface area contributed by atoms with Crippen molar-refractivity contribution in [3.05, 3.63) is 0 Å². The highest BCUT2D eigenvalue weighted by Crippen LogP contribution is 2.24. The molecular weight excluding hydrogens is 286 g/mol. The number of carbonyl (C=O) groups excluding carboxylic acids is 3. The summed E-state index contributed by atoms with van der Waals surface area (Å²) in [5, 5.41) is 10.2. The first-order chi connectivity index (χ1) is 10.6. The summed E-state index contributed by atoms with van der Waals surface area (Å²) in [5.74, 6) is -0.847. The summed E-state index contributed by atoms with van der Waals surface area (Å²) < 4.78 is 0. The molecule has 1 heterocycles. The monoisotopic (exact) mass is 311 g/mol. The Hall–Kier alpha value is -1.43. The first kappa shape index (κ1) is 16.9. The maximum absolute atomic E-state index is 12.2. The van der Waals surface area contributed by atoms with E-state index in [1.54, 1.807) is 0 Å². The van der Waals surface area contributed by atoms with E-state index in [-0.39, 0.29) is 37.4 Å². The van der Waals surface area contributed by atoms with Gasteiger partial charge < -0.3 is 9.94 Å². The normalized spacial score (nSPS) is 24.0. The SMILES string of the molecule is O=C(CCC(=O)C1CCCCCCC1)ON1C(=O)CCC1O. The standard InChI is InChI=1S/C16H25NO5/c18-13(12-6-4-2-1-3-5-7-12)8-11-16(21)22-17-14(19)9-10-15(17)20/h12,14,19H,1-11H2. The molecule has 22 heavy (non-hydrogen) atoms. The summed E-state index contributed by atoms with van der Waals surface area (Å²) in [6.07, 6.45) is 7.11. The minimum atomic E-state index is -1.06. The summed E-state index contributed by atoms with van der Waals surface area (Å²) in [7, 11) is 0. The first-order valence-electron chi connectivity index (χ1n) is 8.31. The Morgan fingerprint density at radius 1 is 1.05 bits per heavy atom. The van der Waals surface area contributed by atoms with E-state index in [1.165, 1.54) is 19.3 Å². The third-order valence-electron chi connectivity index (χ3n) is 4.47. The Morgan fingerprint density at radius 2 is 1.68 bits per heavy atom. The van der Waals surface area contributed by atoms with Gasteiger partial charge in [-0.25, -0.2) is 4.79 Å². The van der Waals surface area contributed by atoms with Gasteiger partial charge in [0.15, 0.2) is 6.23 Å². The average molecular weight is 311 g/mol. The fourth-order valence-electron chi connectivity index (χ4n) is 3.12. The molecule has 2 aliphatic rings. The van der Waals surface area contributed by atoms with Crippen molar-refractivity contribution in [1.82, 2.24) is 5.06 Å². The number of rotatable bonds is 5. The predicted octanol–water partition coefficient (Wildman–Crippen LogP) is 2.10. The molecule has 1 aliphatic heterocycles. The molecule has 0 bridgehead atoms. The van der Waals surface area contributed by atoms with Crippen LogP contribution in [0.25, 0.3) is 0 Å². The number of ketones is 1. The van der Waals surface area contributed by atoms with E-state index < -0.39 is 18.1 Å². The van der Waals surface area contributed by atoms with Gasteiger partial charge in [0, 0.05) is 25.2 Å². The molecule has 1 N–H and O–H groups in total. The lowest BCUT2D eigenvalue weighted by Crippen LogP contribution is -2.35. The van der Waals surface area contributed by atoms with Gasteiger partial charge in [0.25, 0.3) is 5.91 Å². The molecule has 1 unspecified atom stereocenters. The Morgan fingerprint density at radius 3 is 2.27 bits per heavy atom. The topological polar surface area (TPSA) is 83.9 Å². The molecule has 1 aliphatic carbocycles. The highest BCUT2D eigenvalue weighted by Gasteiger charge is 2.33. The number of carbonyl (C=O) groups is 3. The van der Waals surface area contributed by atoms with Crippen LogP contribution in [-0.4, -0.2) is 34.1 Å². The Labute approximate surface area is 130 Å². The smallest absolute Gasteiger partial charge is 0.333 e. The maximum atomic E-state index is 12.2. The Balaban J connectivity index is 1.72. The molecule has 0 spiro atoms. The summed E-state index contributed by atoms with van der Waals surface area (Å²) >= 11 is 0. The molecule has 0 aromatic heterocycles. The Kier molecular flexibility index (Phi) is 6.36. The number of hydrogen-bond donors (Lipinski definition) is 1. The molecule has 1 saturated heterocycles. The van der Waals surface area contributed by atoms with Crippen molar-refractivity contribution < 1.29 is 24.3 Å². The van der Waals surface area contributed by atoms with Crippen LogP contribution in [0.3, 0.4) is 0 Å². The molecule has 6 heteroatoms. The minimum absolute atomic E-state index is 0.0359. The van der Waals surface area contributed by atoms with E-state index in [9.17, 15) is 19.5 Å². The van der Waals surface area contributed by atoms with Crippen LogP contribution in [0.15, 0.2) is 0 Å². The number of hydroxylamine groups is 2. The van der Waals surface area contributed by atoms with Gasteiger partial charge in [0.05, 0.1) is 6.42 Å². The third kappa shape index (κ3) is 4.80.